The number of carbonyl (C=O) groups excluding carboxylic acids is 1. The van der Waals surface area contributed by atoms with E-state index in [4.69, 9.17) is 9.84 Å². The second kappa shape index (κ2) is 6.13. The molecule has 0 aliphatic carbocycles. The van der Waals surface area contributed by atoms with E-state index in [0.29, 0.717) is 28.8 Å². The Labute approximate surface area is 124 Å². The number of methoxy groups -OCH3 is 1. The molecule has 20 heavy (non-hydrogen) atoms. The average Bonchev–Trinajstić information content (AvgIpc) is 2.88. The standard InChI is InChI=1S/C13H14BrNO5/c1-19-12(16)8-4-5-10(9(14)7-8)20-11-3-2-6-15(11)13(17)18/h4-5,7,11H,2-3,6H2,1H3,(H,17,18). The summed E-state index contributed by atoms with van der Waals surface area (Å²) < 4.78 is 10.9. The second-order valence-electron chi connectivity index (χ2n) is 4.33. The molecule has 1 aromatic carbocycles. The van der Waals surface area contributed by atoms with Crippen molar-refractivity contribution in [1.29, 1.82) is 0 Å². The molecule has 1 aliphatic rings. The molecule has 1 heterocycles. The summed E-state index contributed by atoms with van der Waals surface area (Å²) in [5, 5.41) is 9.05. The summed E-state index contributed by atoms with van der Waals surface area (Å²) in [5.74, 6) is 0.0566. The summed E-state index contributed by atoms with van der Waals surface area (Å²) in [4.78, 5) is 23.7. The van der Waals surface area contributed by atoms with Crippen LogP contribution in [-0.2, 0) is 4.74 Å². The van der Waals surface area contributed by atoms with Gasteiger partial charge in [0.05, 0.1) is 17.1 Å². The molecule has 0 aromatic heterocycles. The maximum absolute atomic E-state index is 11.4. The summed E-state index contributed by atoms with van der Waals surface area (Å²) in [6, 6.07) is 4.78. The van der Waals surface area contributed by atoms with E-state index in [1.165, 1.54) is 12.0 Å². The monoisotopic (exact) mass is 343 g/mol. The summed E-state index contributed by atoms with van der Waals surface area (Å²) >= 11 is 3.31. The third-order valence-electron chi connectivity index (χ3n) is 3.06. The van der Waals surface area contributed by atoms with Crippen LogP contribution in [0.3, 0.4) is 0 Å². The largest absolute Gasteiger partial charge is 0.469 e. The Balaban J connectivity index is 2.14. The molecular formula is C13H14BrNO5. The Kier molecular flexibility index (Phi) is 4.49. The van der Waals surface area contributed by atoms with Gasteiger partial charge in [-0.2, -0.15) is 0 Å². The number of rotatable bonds is 3. The Hall–Kier alpha value is -1.76. The van der Waals surface area contributed by atoms with Crippen LogP contribution >= 0.6 is 15.9 Å². The lowest BCUT2D eigenvalue weighted by atomic mass is 10.2. The molecule has 1 atom stereocenters. The highest BCUT2D eigenvalue weighted by Gasteiger charge is 2.30. The van der Waals surface area contributed by atoms with Gasteiger partial charge in [0.1, 0.15) is 5.75 Å². The predicted octanol–water partition coefficient (Wildman–Crippen LogP) is 2.71. The molecule has 1 N–H and O–H groups in total. The Morgan fingerprint density at radius 2 is 2.20 bits per heavy atom. The van der Waals surface area contributed by atoms with Gasteiger partial charge in [0.15, 0.2) is 6.23 Å². The molecule has 0 radical (unpaired) electrons. The highest BCUT2D eigenvalue weighted by molar-refractivity contribution is 9.10. The van der Waals surface area contributed by atoms with Gasteiger partial charge < -0.3 is 14.6 Å². The van der Waals surface area contributed by atoms with Crippen molar-refractivity contribution in [2.45, 2.75) is 19.1 Å². The van der Waals surface area contributed by atoms with Crippen LogP contribution in [0, 0.1) is 0 Å². The molecule has 0 spiro atoms. The SMILES string of the molecule is COC(=O)c1ccc(OC2CCCN2C(=O)O)c(Br)c1. The third-order valence-corrected chi connectivity index (χ3v) is 3.68. The van der Waals surface area contributed by atoms with Gasteiger partial charge in [-0.1, -0.05) is 0 Å². The highest BCUT2D eigenvalue weighted by Crippen LogP contribution is 2.30. The molecule has 1 aliphatic heterocycles. The number of benzene rings is 1. The number of hydrogen-bond acceptors (Lipinski definition) is 4. The first-order valence-electron chi connectivity index (χ1n) is 6.07. The van der Waals surface area contributed by atoms with Crippen molar-refractivity contribution in [1.82, 2.24) is 4.90 Å². The van der Waals surface area contributed by atoms with Gasteiger partial charge in [0.25, 0.3) is 0 Å². The van der Waals surface area contributed by atoms with Crippen LogP contribution in [0.4, 0.5) is 4.79 Å². The van der Waals surface area contributed by atoms with Crippen molar-refractivity contribution < 1.29 is 24.2 Å². The molecule has 1 saturated heterocycles. The first-order valence-corrected chi connectivity index (χ1v) is 6.86. The minimum absolute atomic E-state index is 0.397. The van der Waals surface area contributed by atoms with E-state index in [0.717, 1.165) is 6.42 Å². The van der Waals surface area contributed by atoms with Crippen molar-refractivity contribution in [3.8, 4) is 5.75 Å². The second-order valence-corrected chi connectivity index (χ2v) is 5.18. The fraction of sp³-hybridized carbons (Fsp3) is 0.385. The van der Waals surface area contributed by atoms with E-state index in [-0.39, 0.29) is 0 Å². The normalized spacial score (nSPS) is 17.9. The van der Waals surface area contributed by atoms with Crippen molar-refractivity contribution in [3.63, 3.8) is 0 Å². The van der Waals surface area contributed by atoms with Crippen LogP contribution in [0.5, 0.6) is 5.75 Å². The summed E-state index contributed by atoms with van der Waals surface area (Å²) in [6.07, 6.45) is -0.0608. The number of halogens is 1. The van der Waals surface area contributed by atoms with Crippen LogP contribution < -0.4 is 4.74 Å². The van der Waals surface area contributed by atoms with Gasteiger partial charge in [-0.15, -0.1) is 0 Å². The molecular weight excluding hydrogens is 330 g/mol. The first kappa shape index (κ1) is 14.6. The van der Waals surface area contributed by atoms with Crippen LogP contribution in [0.1, 0.15) is 23.2 Å². The number of esters is 1. The molecule has 2 rings (SSSR count). The maximum Gasteiger partial charge on any atom is 0.410 e. The third kappa shape index (κ3) is 3.04. The van der Waals surface area contributed by atoms with E-state index in [1.54, 1.807) is 18.2 Å². The molecule has 1 fully saturated rings. The first-order chi connectivity index (χ1) is 9.52. The fourth-order valence-electron chi connectivity index (χ4n) is 2.07. The number of amides is 1. The van der Waals surface area contributed by atoms with Crippen molar-refractivity contribution in [3.05, 3.63) is 28.2 Å². The van der Waals surface area contributed by atoms with Crippen LogP contribution in [0.2, 0.25) is 0 Å². The van der Waals surface area contributed by atoms with Gasteiger partial charge in [-0.3, -0.25) is 4.90 Å². The van der Waals surface area contributed by atoms with Crippen LogP contribution in [0.15, 0.2) is 22.7 Å². The van der Waals surface area contributed by atoms with Crippen molar-refractivity contribution in [2.24, 2.45) is 0 Å². The van der Waals surface area contributed by atoms with Gasteiger partial charge >= 0.3 is 12.1 Å². The molecule has 1 amide bonds. The number of nitrogens with zero attached hydrogens (tertiary/aromatic N) is 1. The van der Waals surface area contributed by atoms with E-state index in [9.17, 15) is 9.59 Å². The van der Waals surface area contributed by atoms with E-state index in [1.807, 2.05) is 0 Å². The van der Waals surface area contributed by atoms with Crippen LogP contribution in [0.25, 0.3) is 0 Å². The van der Waals surface area contributed by atoms with Crippen molar-refractivity contribution >= 4 is 28.0 Å². The maximum atomic E-state index is 11.4. The molecule has 0 bridgehead atoms. The zero-order valence-electron chi connectivity index (χ0n) is 10.8. The highest BCUT2D eigenvalue weighted by atomic mass is 79.9. The number of ether oxygens (including phenoxy) is 2. The number of carboxylic acid groups (broad SMARTS) is 1. The summed E-state index contributed by atoms with van der Waals surface area (Å²) in [5.41, 5.74) is 0.397. The number of hydrogen-bond donors (Lipinski definition) is 1. The Bertz CT molecular complexity index is 533. The molecule has 1 aromatic rings. The lowest BCUT2D eigenvalue weighted by Gasteiger charge is -2.23. The van der Waals surface area contributed by atoms with Gasteiger partial charge in [-0.25, -0.2) is 9.59 Å². The minimum Gasteiger partial charge on any atom is -0.469 e. The van der Waals surface area contributed by atoms with Gasteiger partial charge in [0, 0.05) is 13.0 Å². The molecule has 1 unspecified atom stereocenters. The van der Waals surface area contributed by atoms with Crippen molar-refractivity contribution in [2.75, 3.05) is 13.7 Å². The number of likely N-dealkylation sites (tertiary alicyclic amines) is 1. The quantitative estimate of drug-likeness (QED) is 0.854. The number of carbonyl (C=O) groups is 2. The zero-order chi connectivity index (χ0) is 14.7. The average molecular weight is 344 g/mol. The molecule has 108 valence electrons. The van der Waals surface area contributed by atoms with Gasteiger partial charge in [-0.05, 0) is 40.5 Å². The lowest BCUT2D eigenvalue weighted by molar-refractivity contribution is 0.0575. The molecule has 7 heteroatoms. The smallest absolute Gasteiger partial charge is 0.410 e. The molecule has 0 saturated carbocycles. The Morgan fingerprint density at radius 1 is 1.45 bits per heavy atom. The zero-order valence-corrected chi connectivity index (χ0v) is 12.4. The van der Waals surface area contributed by atoms with Gasteiger partial charge in [0.2, 0.25) is 0 Å². The van der Waals surface area contributed by atoms with Crippen LogP contribution in [-0.4, -0.2) is 42.0 Å². The molecule has 6 nitrogen and oxygen atoms in total. The minimum atomic E-state index is -0.991. The van der Waals surface area contributed by atoms with E-state index in [2.05, 4.69) is 20.7 Å². The lowest BCUT2D eigenvalue weighted by Crippen LogP contribution is -2.38. The topological polar surface area (TPSA) is 76.1 Å². The predicted molar refractivity (Wildman–Crippen MR) is 73.9 cm³/mol. The summed E-state index contributed by atoms with van der Waals surface area (Å²) in [6.45, 7) is 0.470. The van der Waals surface area contributed by atoms with E-state index >= 15 is 0 Å². The fourth-order valence-corrected chi connectivity index (χ4v) is 2.54. The van der Waals surface area contributed by atoms with E-state index < -0.39 is 18.3 Å². The summed E-state index contributed by atoms with van der Waals surface area (Å²) in [7, 11) is 1.31. The Morgan fingerprint density at radius 3 is 2.80 bits per heavy atom.